The lowest BCUT2D eigenvalue weighted by Crippen LogP contribution is -2.05. The van der Waals surface area contributed by atoms with Crippen LogP contribution in [0, 0.1) is 11.3 Å². The van der Waals surface area contributed by atoms with Crippen LogP contribution in [0.1, 0.15) is 12.5 Å². The summed E-state index contributed by atoms with van der Waals surface area (Å²) in [5, 5.41) is 11.4. The minimum atomic E-state index is -0.268. The van der Waals surface area contributed by atoms with Gasteiger partial charge in [-0.25, -0.2) is 0 Å². The van der Waals surface area contributed by atoms with Gasteiger partial charge in [0.1, 0.15) is 17.4 Å². The summed E-state index contributed by atoms with van der Waals surface area (Å²) in [7, 11) is 0. The van der Waals surface area contributed by atoms with Gasteiger partial charge in [-0.15, -0.1) is 0 Å². The number of rotatable bonds is 2. The topological polar surface area (TPSA) is 66.0 Å². The first-order valence-electron chi connectivity index (χ1n) is 5.07. The van der Waals surface area contributed by atoms with Crippen molar-refractivity contribution in [3.05, 3.63) is 42.0 Å². The van der Waals surface area contributed by atoms with E-state index in [1.165, 1.54) is 6.92 Å². The summed E-state index contributed by atoms with van der Waals surface area (Å²) < 4.78 is 5.45. The number of carbonyl (C=O) groups is 1. The first-order chi connectivity index (χ1) is 8.20. The summed E-state index contributed by atoms with van der Waals surface area (Å²) in [5.74, 6) is 0.486. The third-order valence-corrected chi connectivity index (χ3v) is 2.20. The summed E-state index contributed by atoms with van der Waals surface area (Å²) in [6, 6.07) is 13.0. The van der Waals surface area contributed by atoms with Gasteiger partial charge in [-0.2, -0.15) is 5.26 Å². The van der Waals surface area contributed by atoms with Crippen molar-refractivity contribution in [2.75, 3.05) is 5.32 Å². The fourth-order valence-electron chi connectivity index (χ4n) is 1.47. The highest BCUT2D eigenvalue weighted by Gasteiger charge is 2.12. The molecule has 0 spiro atoms. The SMILES string of the molecule is CC(=O)Nc1oc(-c2ccccc2)cc1C#N. The third kappa shape index (κ3) is 2.34. The van der Waals surface area contributed by atoms with Crippen molar-refractivity contribution in [3.63, 3.8) is 0 Å². The molecule has 1 amide bonds. The minimum Gasteiger partial charge on any atom is -0.439 e. The molecule has 2 aromatic rings. The van der Waals surface area contributed by atoms with E-state index in [2.05, 4.69) is 5.32 Å². The quantitative estimate of drug-likeness (QED) is 0.856. The average Bonchev–Trinajstić information content (AvgIpc) is 2.72. The number of nitrogens with one attached hydrogen (secondary N) is 1. The van der Waals surface area contributed by atoms with E-state index >= 15 is 0 Å². The Labute approximate surface area is 98.5 Å². The van der Waals surface area contributed by atoms with E-state index in [9.17, 15) is 4.79 Å². The molecular weight excluding hydrogens is 216 g/mol. The maximum Gasteiger partial charge on any atom is 0.223 e. The van der Waals surface area contributed by atoms with E-state index in [0.29, 0.717) is 11.3 Å². The Hall–Kier alpha value is -2.54. The molecule has 0 unspecified atom stereocenters. The molecule has 0 aliphatic heterocycles. The fourth-order valence-corrected chi connectivity index (χ4v) is 1.47. The molecule has 1 aromatic heterocycles. The summed E-state index contributed by atoms with van der Waals surface area (Å²) in [6.07, 6.45) is 0. The Balaban J connectivity index is 2.42. The molecule has 84 valence electrons. The maximum atomic E-state index is 10.9. The molecule has 17 heavy (non-hydrogen) atoms. The van der Waals surface area contributed by atoms with Crippen molar-refractivity contribution in [1.29, 1.82) is 5.26 Å². The Morgan fingerprint density at radius 3 is 2.65 bits per heavy atom. The summed E-state index contributed by atoms with van der Waals surface area (Å²) >= 11 is 0. The molecule has 0 aliphatic carbocycles. The normalized spacial score (nSPS) is 9.65. The molecule has 1 aromatic carbocycles. The molecule has 0 bridgehead atoms. The molecule has 0 aliphatic rings. The Kier molecular flexibility index (Phi) is 2.93. The van der Waals surface area contributed by atoms with Crippen molar-refractivity contribution >= 4 is 11.8 Å². The second kappa shape index (κ2) is 4.54. The van der Waals surface area contributed by atoms with Crippen LogP contribution in [-0.2, 0) is 4.79 Å². The first kappa shape index (κ1) is 11.0. The summed E-state index contributed by atoms with van der Waals surface area (Å²) in [6.45, 7) is 1.37. The number of anilines is 1. The van der Waals surface area contributed by atoms with Gasteiger partial charge in [-0.1, -0.05) is 30.3 Å². The van der Waals surface area contributed by atoms with Crippen molar-refractivity contribution in [2.24, 2.45) is 0 Å². The second-order valence-electron chi connectivity index (χ2n) is 3.51. The molecule has 0 saturated heterocycles. The molecular formula is C13H10N2O2. The summed E-state index contributed by atoms with van der Waals surface area (Å²) in [5.41, 5.74) is 1.18. The molecule has 0 atom stereocenters. The van der Waals surface area contributed by atoms with Crippen LogP contribution in [0.2, 0.25) is 0 Å². The molecule has 0 saturated carbocycles. The monoisotopic (exact) mass is 226 g/mol. The van der Waals surface area contributed by atoms with Crippen LogP contribution in [-0.4, -0.2) is 5.91 Å². The largest absolute Gasteiger partial charge is 0.439 e. The zero-order valence-corrected chi connectivity index (χ0v) is 9.23. The predicted octanol–water partition coefficient (Wildman–Crippen LogP) is 2.78. The Morgan fingerprint density at radius 1 is 1.35 bits per heavy atom. The number of benzene rings is 1. The summed E-state index contributed by atoms with van der Waals surface area (Å²) in [4.78, 5) is 10.9. The van der Waals surface area contributed by atoms with Crippen LogP contribution in [0.3, 0.4) is 0 Å². The highest BCUT2D eigenvalue weighted by Crippen LogP contribution is 2.28. The van der Waals surface area contributed by atoms with Gasteiger partial charge in [0.2, 0.25) is 11.8 Å². The van der Waals surface area contributed by atoms with Crippen LogP contribution in [0.25, 0.3) is 11.3 Å². The van der Waals surface area contributed by atoms with Crippen LogP contribution in [0.4, 0.5) is 5.88 Å². The highest BCUT2D eigenvalue weighted by molar-refractivity contribution is 5.89. The Bertz CT molecular complexity index is 579. The van der Waals surface area contributed by atoms with Gasteiger partial charge in [0.05, 0.1) is 0 Å². The molecule has 1 N–H and O–H groups in total. The molecule has 1 heterocycles. The minimum absolute atomic E-state index is 0.193. The molecule has 4 nitrogen and oxygen atoms in total. The number of hydrogen-bond acceptors (Lipinski definition) is 3. The lowest BCUT2D eigenvalue weighted by molar-refractivity contribution is -0.114. The van der Waals surface area contributed by atoms with Crippen molar-refractivity contribution in [3.8, 4) is 17.4 Å². The number of nitrogens with zero attached hydrogens (tertiary/aromatic N) is 1. The number of hydrogen-bond donors (Lipinski definition) is 1. The second-order valence-corrected chi connectivity index (χ2v) is 3.51. The maximum absolute atomic E-state index is 10.9. The predicted molar refractivity (Wildman–Crippen MR) is 63.2 cm³/mol. The molecule has 0 fully saturated rings. The number of furan rings is 1. The van der Waals surface area contributed by atoms with Gasteiger partial charge in [0.15, 0.2) is 0 Å². The van der Waals surface area contributed by atoms with Crippen LogP contribution in [0.15, 0.2) is 40.8 Å². The van der Waals surface area contributed by atoms with Crippen molar-refractivity contribution in [2.45, 2.75) is 6.92 Å². The van der Waals surface area contributed by atoms with Gasteiger partial charge in [0.25, 0.3) is 0 Å². The van der Waals surface area contributed by atoms with E-state index < -0.39 is 0 Å². The number of carbonyl (C=O) groups excluding carboxylic acids is 1. The van der Waals surface area contributed by atoms with Gasteiger partial charge in [-0.05, 0) is 0 Å². The number of nitriles is 1. The zero-order valence-electron chi connectivity index (χ0n) is 9.23. The molecule has 0 radical (unpaired) electrons. The van der Waals surface area contributed by atoms with Crippen molar-refractivity contribution < 1.29 is 9.21 Å². The van der Waals surface area contributed by atoms with E-state index in [-0.39, 0.29) is 11.8 Å². The Morgan fingerprint density at radius 2 is 2.06 bits per heavy atom. The highest BCUT2D eigenvalue weighted by atomic mass is 16.4. The smallest absolute Gasteiger partial charge is 0.223 e. The van der Waals surface area contributed by atoms with E-state index in [0.717, 1.165) is 5.56 Å². The lowest BCUT2D eigenvalue weighted by atomic mass is 10.1. The van der Waals surface area contributed by atoms with Gasteiger partial charge < -0.3 is 4.42 Å². The van der Waals surface area contributed by atoms with Gasteiger partial charge in [-0.3, -0.25) is 10.1 Å². The number of amides is 1. The first-order valence-corrected chi connectivity index (χ1v) is 5.07. The lowest BCUT2D eigenvalue weighted by Gasteiger charge is -1.97. The van der Waals surface area contributed by atoms with Crippen molar-refractivity contribution in [1.82, 2.24) is 0 Å². The van der Waals surface area contributed by atoms with E-state index in [1.54, 1.807) is 6.07 Å². The van der Waals surface area contributed by atoms with E-state index in [1.807, 2.05) is 36.4 Å². The van der Waals surface area contributed by atoms with Gasteiger partial charge in [0, 0.05) is 18.6 Å². The molecule has 2 rings (SSSR count). The third-order valence-electron chi connectivity index (χ3n) is 2.20. The van der Waals surface area contributed by atoms with Gasteiger partial charge >= 0.3 is 0 Å². The average molecular weight is 226 g/mol. The van der Waals surface area contributed by atoms with Crippen LogP contribution < -0.4 is 5.32 Å². The molecule has 4 heteroatoms. The van der Waals surface area contributed by atoms with Crippen LogP contribution in [0.5, 0.6) is 0 Å². The zero-order chi connectivity index (χ0) is 12.3. The standard InChI is InChI=1S/C13H10N2O2/c1-9(16)15-13-11(8-14)7-12(17-13)10-5-3-2-4-6-10/h2-7H,1H3,(H,15,16). The fraction of sp³-hybridized carbons (Fsp3) is 0.0769. The van der Waals surface area contributed by atoms with Crippen LogP contribution >= 0.6 is 0 Å². The van der Waals surface area contributed by atoms with E-state index in [4.69, 9.17) is 9.68 Å².